The number of nitrogens with zero attached hydrogens (tertiary/aromatic N) is 4. The number of imidazole rings is 1. The molecule has 1 aliphatic rings. The average Bonchev–Trinajstić information content (AvgIpc) is 3.22. The van der Waals surface area contributed by atoms with Gasteiger partial charge >= 0.3 is 0 Å². The molecule has 0 saturated carbocycles. The Kier molecular flexibility index (Phi) is 3.64. The van der Waals surface area contributed by atoms with Crippen LogP contribution in [0.1, 0.15) is 19.1 Å². The second-order valence-electron chi connectivity index (χ2n) is 5.51. The minimum absolute atomic E-state index is 0.0406. The van der Waals surface area contributed by atoms with Gasteiger partial charge in [0, 0.05) is 5.69 Å². The van der Waals surface area contributed by atoms with E-state index < -0.39 is 0 Å². The van der Waals surface area contributed by atoms with Crippen molar-refractivity contribution in [2.45, 2.75) is 25.2 Å². The van der Waals surface area contributed by atoms with Crippen LogP contribution in [0.3, 0.4) is 0 Å². The van der Waals surface area contributed by atoms with Crippen molar-refractivity contribution >= 4 is 22.7 Å². The molecule has 2 aromatic heterocycles. The van der Waals surface area contributed by atoms with Gasteiger partial charge in [0.15, 0.2) is 17.0 Å². The predicted octanol–water partition coefficient (Wildman–Crippen LogP) is 2.24. The first-order valence-electron chi connectivity index (χ1n) is 7.61. The molecule has 4 rings (SSSR count). The van der Waals surface area contributed by atoms with Crippen LogP contribution >= 0.6 is 0 Å². The molecule has 1 saturated heterocycles. The van der Waals surface area contributed by atoms with Gasteiger partial charge in [-0.05, 0) is 25.0 Å². The Hall–Kier alpha value is -2.51. The Morgan fingerprint density at radius 1 is 1.17 bits per heavy atom. The highest BCUT2D eigenvalue weighted by Gasteiger charge is 2.27. The lowest BCUT2D eigenvalue weighted by atomic mass is 10.2. The van der Waals surface area contributed by atoms with Crippen molar-refractivity contribution in [2.24, 2.45) is 0 Å². The van der Waals surface area contributed by atoms with Crippen LogP contribution in [-0.4, -0.2) is 37.3 Å². The number of hydrogen-bond donors (Lipinski definition) is 2. The van der Waals surface area contributed by atoms with Gasteiger partial charge < -0.3 is 15.2 Å². The van der Waals surface area contributed by atoms with Crippen molar-refractivity contribution in [1.29, 1.82) is 0 Å². The number of fused-ring (bicyclic) bond motifs is 1. The number of aliphatic hydroxyl groups excluding tert-OH is 1. The lowest BCUT2D eigenvalue weighted by molar-refractivity contribution is -0.0207. The van der Waals surface area contributed by atoms with Crippen LogP contribution in [0.4, 0.5) is 11.5 Å². The van der Waals surface area contributed by atoms with Gasteiger partial charge in [0.05, 0.1) is 19.0 Å². The Bertz CT molecular complexity index is 805. The van der Waals surface area contributed by atoms with Crippen LogP contribution in [0.15, 0.2) is 43.0 Å². The number of rotatable bonds is 4. The van der Waals surface area contributed by atoms with Gasteiger partial charge in [0.2, 0.25) is 0 Å². The van der Waals surface area contributed by atoms with E-state index in [1.54, 1.807) is 6.33 Å². The molecule has 118 valence electrons. The lowest BCUT2D eigenvalue weighted by Gasteiger charge is -2.14. The number of anilines is 2. The third-order valence-electron chi connectivity index (χ3n) is 3.99. The number of aliphatic hydroxyl groups is 1. The zero-order valence-corrected chi connectivity index (χ0v) is 12.5. The minimum Gasteiger partial charge on any atom is -0.394 e. The first-order chi connectivity index (χ1) is 11.3. The summed E-state index contributed by atoms with van der Waals surface area (Å²) < 4.78 is 7.72. The largest absolute Gasteiger partial charge is 0.394 e. The minimum atomic E-state index is -0.142. The van der Waals surface area contributed by atoms with E-state index in [1.165, 1.54) is 6.33 Å². The van der Waals surface area contributed by atoms with Crippen molar-refractivity contribution in [3.8, 4) is 0 Å². The number of hydrogen-bond acceptors (Lipinski definition) is 6. The van der Waals surface area contributed by atoms with Crippen LogP contribution in [0.5, 0.6) is 0 Å². The van der Waals surface area contributed by atoms with Gasteiger partial charge in [0.25, 0.3) is 0 Å². The van der Waals surface area contributed by atoms with Crippen LogP contribution in [-0.2, 0) is 4.74 Å². The number of para-hydroxylation sites is 1. The van der Waals surface area contributed by atoms with E-state index in [2.05, 4.69) is 20.3 Å². The quantitative estimate of drug-likeness (QED) is 0.768. The molecule has 7 heteroatoms. The third kappa shape index (κ3) is 2.64. The molecule has 7 nitrogen and oxygen atoms in total. The van der Waals surface area contributed by atoms with E-state index in [4.69, 9.17) is 4.74 Å². The molecule has 2 N–H and O–H groups in total. The fraction of sp³-hybridized carbons (Fsp3) is 0.312. The molecule has 0 radical (unpaired) electrons. The highest BCUT2D eigenvalue weighted by atomic mass is 16.5. The lowest BCUT2D eigenvalue weighted by Crippen LogP contribution is -2.14. The normalized spacial score (nSPS) is 20.9. The molecule has 23 heavy (non-hydrogen) atoms. The second-order valence-corrected chi connectivity index (χ2v) is 5.51. The molecule has 0 bridgehead atoms. The summed E-state index contributed by atoms with van der Waals surface area (Å²) in [4.78, 5) is 13.1. The summed E-state index contributed by atoms with van der Waals surface area (Å²) >= 11 is 0. The molecule has 3 aromatic rings. The molecule has 0 amide bonds. The number of aromatic nitrogens is 4. The highest BCUT2D eigenvalue weighted by Crippen LogP contribution is 2.31. The Balaban J connectivity index is 1.67. The molecule has 1 fully saturated rings. The van der Waals surface area contributed by atoms with Crippen LogP contribution < -0.4 is 5.32 Å². The van der Waals surface area contributed by atoms with Crippen molar-refractivity contribution < 1.29 is 9.84 Å². The highest BCUT2D eigenvalue weighted by molar-refractivity contribution is 5.85. The molecule has 2 atom stereocenters. The fourth-order valence-corrected chi connectivity index (χ4v) is 2.84. The average molecular weight is 311 g/mol. The molecule has 3 heterocycles. The summed E-state index contributed by atoms with van der Waals surface area (Å²) in [6.07, 6.45) is 4.66. The van der Waals surface area contributed by atoms with Gasteiger partial charge in [-0.25, -0.2) is 15.0 Å². The SMILES string of the molecule is OCC1CCC(n2cnc3c(Nc4ccccc4)ncnc32)O1. The van der Waals surface area contributed by atoms with Gasteiger partial charge in [0.1, 0.15) is 12.6 Å². The maximum Gasteiger partial charge on any atom is 0.167 e. The zero-order chi connectivity index (χ0) is 15.6. The predicted molar refractivity (Wildman–Crippen MR) is 85.3 cm³/mol. The fourth-order valence-electron chi connectivity index (χ4n) is 2.84. The topological polar surface area (TPSA) is 85.1 Å². The van der Waals surface area contributed by atoms with Crippen molar-refractivity contribution in [3.05, 3.63) is 43.0 Å². The van der Waals surface area contributed by atoms with E-state index in [0.29, 0.717) is 11.3 Å². The Morgan fingerprint density at radius 2 is 2.04 bits per heavy atom. The van der Waals surface area contributed by atoms with Crippen molar-refractivity contribution in [3.63, 3.8) is 0 Å². The van der Waals surface area contributed by atoms with Crippen LogP contribution in [0.2, 0.25) is 0 Å². The molecule has 1 aromatic carbocycles. The number of ether oxygens (including phenoxy) is 1. The molecule has 1 aliphatic heterocycles. The van der Waals surface area contributed by atoms with Crippen LogP contribution in [0, 0.1) is 0 Å². The Labute approximate surface area is 133 Å². The maximum atomic E-state index is 9.22. The van der Waals surface area contributed by atoms with Gasteiger partial charge in [-0.15, -0.1) is 0 Å². The summed E-state index contributed by atoms with van der Waals surface area (Å²) in [5.41, 5.74) is 2.37. The summed E-state index contributed by atoms with van der Waals surface area (Å²) in [7, 11) is 0. The van der Waals surface area contributed by atoms with Gasteiger partial charge in [-0.3, -0.25) is 4.57 Å². The number of benzene rings is 1. The van der Waals surface area contributed by atoms with Crippen molar-refractivity contribution in [1.82, 2.24) is 19.5 Å². The third-order valence-corrected chi connectivity index (χ3v) is 3.99. The van der Waals surface area contributed by atoms with E-state index in [9.17, 15) is 5.11 Å². The summed E-state index contributed by atoms with van der Waals surface area (Å²) in [6, 6.07) is 9.82. The van der Waals surface area contributed by atoms with E-state index in [1.807, 2.05) is 34.9 Å². The molecule has 2 unspecified atom stereocenters. The Morgan fingerprint density at radius 3 is 2.83 bits per heavy atom. The van der Waals surface area contributed by atoms with Crippen molar-refractivity contribution in [2.75, 3.05) is 11.9 Å². The van der Waals surface area contributed by atoms with Crippen LogP contribution in [0.25, 0.3) is 11.2 Å². The second kappa shape index (κ2) is 5.94. The van der Waals surface area contributed by atoms with E-state index in [-0.39, 0.29) is 18.9 Å². The summed E-state index contributed by atoms with van der Waals surface area (Å²) in [5, 5.41) is 12.5. The molecule has 0 aliphatic carbocycles. The molecular weight excluding hydrogens is 294 g/mol. The number of nitrogens with one attached hydrogen (secondary N) is 1. The smallest absolute Gasteiger partial charge is 0.167 e. The first-order valence-corrected chi connectivity index (χ1v) is 7.61. The molecule has 0 spiro atoms. The summed E-state index contributed by atoms with van der Waals surface area (Å²) in [6.45, 7) is 0.0406. The van der Waals surface area contributed by atoms with E-state index in [0.717, 1.165) is 24.2 Å². The summed E-state index contributed by atoms with van der Waals surface area (Å²) in [5.74, 6) is 0.664. The maximum absolute atomic E-state index is 9.22. The van der Waals surface area contributed by atoms with E-state index >= 15 is 0 Å². The first kappa shape index (κ1) is 14.1. The standard InChI is InChI=1S/C16H17N5O2/c22-8-12-6-7-13(23-12)21-10-19-14-15(17-9-18-16(14)21)20-11-4-2-1-3-5-11/h1-5,9-10,12-13,22H,6-8H2,(H,17,18,20). The monoisotopic (exact) mass is 311 g/mol. The van der Waals surface area contributed by atoms with Gasteiger partial charge in [-0.1, -0.05) is 18.2 Å². The zero-order valence-electron chi connectivity index (χ0n) is 12.5. The molecular formula is C16H17N5O2. The van der Waals surface area contributed by atoms with Gasteiger partial charge in [-0.2, -0.15) is 0 Å².